The van der Waals surface area contributed by atoms with E-state index in [1.54, 1.807) is 37.8 Å². The van der Waals surface area contributed by atoms with Gasteiger partial charge < -0.3 is 18.7 Å². The zero-order valence-electron chi connectivity index (χ0n) is 18.1. The summed E-state index contributed by atoms with van der Waals surface area (Å²) < 4.78 is 45.7. The molecule has 2 heterocycles. The molecule has 0 bridgehead atoms. The number of imide groups is 1. The number of anilines is 1. The number of benzene rings is 1. The number of hydrogen-bond acceptors (Lipinski definition) is 8. The van der Waals surface area contributed by atoms with Crippen molar-refractivity contribution in [3.05, 3.63) is 23.8 Å². The topological polar surface area (TPSA) is 122 Å². The minimum atomic E-state index is -5.32. The maximum Gasteiger partial charge on any atom is 0.488 e. The van der Waals surface area contributed by atoms with Crippen molar-refractivity contribution in [1.82, 2.24) is 10.2 Å². The summed E-state index contributed by atoms with van der Waals surface area (Å²) >= 11 is 0. The van der Waals surface area contributed by atoms with E-state index in [9.17, 15) is 26.7 Å². The quantitative estimate of drug-likeness (QED) is 0.522. The number of amides is 3. The average molecular weight is 472 g/mol. The van der Waals surface area contributed by atoms with E-state index in [1.807, 2.05) is 0 Å². The Labute approximate surface area is 186 Å². The number of piperazine rings is 1. The molecule has 1 unspecified atom stereocenters. The van der Waals surface area contributed by atoms with Crippen LogP contribution in [0, 0.1) is 0 Å². The Morgan fingerprint density at radius 2 is 1.81 bits per heavy atom. The van der Waals surface area contributed by atoms with Gasteiger partial charge >= 0.3 is 16.6 Å². The molecule has 1 atom stereocenters. The first-order valence-corrected chi connectivity index (χ1v) is 11.5. The number of carbonyl (C=O) groups excluding carboxylic acids is 3. The Morgan fingerprint density at radius 3 is 2.38 bits per heavy atom. The van der Waals surface area contributed by atoms with Gasteiger partial charge in [-0.1, -0.05) is 9.95 Å². The van der Waals surface area contributed by atoms with Gasteiger partial charge in [-0.3, -0.25) is 14.9 Å². The Morgan fingerprint density at radius 1 is 1.16 bits per heavy atom. The monoisotopic (exact) mass is 471 g/mol. The molecule has 2 aliphatic heterocycles. The lowest BCUT2D eigenvalue weighted by atomic mass is 9.90. The van der Waals surface area contributed by atoms with Crippen LogP contribution in [-0.2, 0) is 24.8 Å². The van der Waals surface area contributed by atoms with E-state index in [4.69, 9.17) is 4.74 Å². The number of ether oxygens (including phenoxy) is 1. The molecule has 2 aliphatic rings. The number of rotatable bonds is 4. The van der Waals surface area contributed by atoms with Crippen LogP contribution in [0.3, 0.4) is 0 Å². The molecule has 0 spiro atoms. The zero-order valence-corrected chi connectivity index (χ0v) is 18.9. The van der Waals surface area contributed by atoms with Crippen molar-refractivity contribution in [2.75, 3.05) is 31.1 Å². The highest BCUT2D eigenvalue weighted by molar-refractivity contribution is 7.81. The summed E-state index contributed by atoms with van der Waals surface area (Å²) in [7, 11) is -5.32. The van der Waals surface area contributed by atoms with Gasteiger partial charge in [0.1, 0.15) is 5.60 Å². The highest BCUT2D eigenvalue weighted by atomic mass is 32.3. The molecule has 0 radical (unpaired) electrons. The van der Waals surface area contributed by atoms with Gasteiger partial charge in [0.15, 0.2) is 5.75 Å². The van der Waals surface area contributed by atoms with Gasteiger partial charge in [0.2, 0.25) is 11.8 Å². The second-order valence-corrected chi connectivity index (χ2v) is 9.61. The van der Waals surface area contributed by atoms with Crippen molar-refractivity contribution in [2.45, 2.75) is 45.1 Å². The normalized spacial score (nSPS) is 20.1. The third-order valence-electron chi connectivity index (χ3n) is 5.09. The Kier molecular flexibility index (Phi) is 6.63. The van der Waals surface area contributed by atoms with E-state index in [0.29, 0.717) is 37.4 Å². The van der Waals surface area contributed by atoms with Crippen molar-refractivity contribution in [3.63, 3.8) is 0 Å². The van der Waals surface area contributed by atoms with Crippen LogP contribution in [0.5, 0.6) is 5.75 Å². The molecule has 0 aliphatic carbocycles. The van der Waals surface area contributed by atoms with E-state index >= 15 is 0 Å². The van der Waals surface area contributed by atoms with E-state index < -0.39 is 34.0 Å². The largest absolute Gasteiger partial charge is 0.488 e. The number of hydrogen-bond donors (Lipinski definition) is 1. The first-order chi connectivity index (χ1) is 14.8. The molecule has 3 rings (SSSR count). The molecule has 10 nitrogen and oxygen atoms in total. The molecular formula is C20H26FN3O7S. The van der Waals surface area contributed by atoms with Crippen LogP contribution >= 0.6 is 0 Å². The summed E-state index contributed by atoms with van der Waals surface area (Å²) in [6.45, 7) is 6.60. The average Bonchev–Trinajstić information content (AvgIpc) is 2.65. The first-order valence-electron chi connectivity index (χ1n) is 10.2. The number of nitrogens with one attached hydrogen (secondary N) is 1. The highest BCUT2D eigenvalue weighted by Gasteiger charge is 2.31. The maximum absolute atomic E-state index is 13.4. The lowest BCUT2D eigenvalue weighted by molar-refractivity contribution is -0.134. The lowest BCUT2D eigenvalue weighted by Crippen LogP contribution is -2.50. The molecule has 0 saturated carbocycles. The predicted molar refractivity (Wildman–Crippen MR) is 112 cm³/mol. The molecule has 3 amide bonds. The SMILES string of the molecule is CC(C)(C)OC(=O)N1CCN(c2ccc(C3CCC(=O)NC3=O)cc2OS(=O)(=O)F)CC1. The van der Waals surface area contributed by atoms with E-state index in [0.717, 1.165) is 0 Å². The standard InChI is InChI=1S/C20H26FN3O7S/c1-20(2,3)30-19(27)24-10-8-23(9-11-24)15-6-4-13(12-16(15)31-32(21,28)29)14-5-7-17(25)22-18(14)26/h4,6,12,14H,5,7-11H2,1-3H3,(H,22,25,26). The summed E-state index contributed by atoms with van der Waals surface area (Å²) in [6.07, 6.45) is -0.0591. The van der Waals surface area contributed by atoms with Crippen molar-refractivity contribution in [1.29, 1.82) is 0 Å². The molecule has 2 saturated heterocycles. The van der Waals surface area contributed by atoms with E-state index in [-0.39, 0.29) is 24.5 Å². The minimum absolute atomic E-state index is 0.141. The van der Waals surface area contributed by atoms with Gasteiger partial charge in [0.05, 0.1) is 11.6 Å². The Bertz CT molecular complexity index is 1010. The minimum Gasteiger partial charge on any atom is -0.444 e. The van der Waals surface area contributed by atoms with Crippen LogP contribution < -0.4 is 14.4 Å². The predicted octanol–water partition coefficient (Wildman–Crippen LogP) is 1.86. The van der Waals surface area contributed by atoms with Gasteiger partial charge in [0.25, 0.3) is 0 Å². The van der Waals surface area contributed by atoms with E-state index in [2.05, 4.69) is 9.50 Å². The summed E-state index contributed by atoms with van der Waals surface area (Å²) in [6, 6.07) is 4.46. The van der Waals surface area contributed by atoms with Crippen molar-refractivity contribution in [2.24, 2.45) is 0 Å². The first kappa shape index (κ1) is 23.8. The van der Waals surface area contributed by atoms with Gasteiger partial charge in [-0.05, 0) is 44.9 Å². The van der Waals surface area contributed by atoms with Crippen LogP contribution in [0.15, 0.2) is 18.2 Å². The molecule has 2 fully saturated rings. The van der Waals surface area contributed by atoms with E-state index in [1.165, 1.54) is 11.0 Å². The van der Waals surface area contributed by atoms with Crippen LogP contribution in [0.4, 0.5) is 14.4 Å². The second kappa shape index (κ2) is 8.93. The summed E-state index contributed by atoms with van der Waals surface area (Å²) in [5.41, 5.74) is 0.0900. The summed E-state index contributed by atoms with van der Waals surface area (Å²) in [4.78, 5) is 39.1. The van der Waals surface area contributed by atoms with Crippen molar-refractivity contribution in [3.8, 4) is 5.75 Å². The van der Waals surface area contributed by atoms with Crippen LogP contribution in [0.25, 0.3) is 0 Å². The molecule has 1 aromatic rings. The Balaban J connectivity index is 1.80. The van der Waals surface area contributed by atoms with Crippen LogP contribution in [0.1, 0.15) is 45.1 Å². The van der Waals surface area contributed by atoms with Gasteiger partial charge in [-0.15, -0.1) is 0 Å². The third-order valence-corrected chi connectivity index (χ3v) is 5.47. The maximum atomic E-state index is 13.4. The van der Waals surface area contributed by atoms with Crippen LogP contribution in [0.2, 0.25) is 0 Å². The van der Waals surface area contributed by atoms with Crippen molar-refractivity contribution >= 4 is 34.1 Å². The number of piperidine rings is 1. The molecule has 0 aromatic heterocycles. The fourth-order valence-electron chi connectivity index (χ4n) is 3.65. The smallest absolute Gasteiger partial charge is 0.444 e. The third kappa shape index (κ3) is 6.09. The van der Waals surface area contributed by atoms with Gasteiger partial charge in [0, 0.05) is 32.6 Å². The molecule has 12 heteroatoms. The van der Waals surface area contributed by atoms with Crippen molar-refractivity contribution < 1.29 is 35.6 Å². The number of halogens is 1. The lowest BCUT2D eigenvalue weighted by Gasteiger charge is -2.37. The molecule has 1 N–H and O–H groups in total. The fraction of sp³-hybridized carbons (Fsp3) is 0.550. The summed E-state index contributed by atoms with van der Waals surface area (Å²) in [5, 5.41) is 2.23. The Hall–Kier alpha value is -2.89. The molecule has 1 aromatic carbocycles. The summed E-state index contributed by atoms with van der Waals surface area (Å²) in [5.74, 6) is -1.83. The number of carbonyl (C=O) groups is 3. The second-order valence-electron chi connectivity index (χ2n) is 8.66. The zero-order chi connectivity index (χ0) is 23.7. The number of nitrogens with zero attached hydrogens (tertiary/aromatic N) is 2. The van der Waals surface area contributed by atoms with Gasteiger partial charge in [-0.2, -0.15) is 8.42 Å². The molecular weight excluding hydrogens is 445 g/mol. The molecule has 176 valence electrons. The van der Waals surface area contributed by atoms with Crippen LogP contribution in [-0.4, -0.2) is 63.0 Å². The fourth-order valence-corrected chi connectivity index (χ4v) is 4.00. The molecule has 32 heavy (non-hydrogen) atoms. The highest BCUT2D eigenvalue weighted by Crippen LogP contribution is 2.36. The van der Waals surface area contributed by atoms with Gasteiger partial charge in [-0.25, -0.2) is 4.79 Å².